The van der Waals surface area contributed by atoms with Crippen molar-refractivity contribution in [3.63, 3.8) is 0 Å². The summed E-state index contributed by atoms with van der Waals surface area (Å²) < 4.78 is 5.05. The first kappa shape index (κ1) is 12.3. The smallest absolute Gasteiger partial charge is 0.255 e. The molecule has 0 spiro atoms. The molecule has 0 saturated carbocycles. The Kier molecular flexibility index (Phi) is 4.13. The van der Waals surface area contributed by atoms with Gasteiger partial charge in [-0.05, 0) is 19.1 Å². The molecule has 0 aliphatic rings. The van der Waals surface area contributed by atoms with E-state index in [9.17, 15) is 4.79 Å². The molecule has 1 atom stereocenters. The maximum atomic E-state index is 11.7. The molecular formula is C11H16N2O3. The molecule has 0 radical (unpaired) electrons. The van der Waals surface area contributed by atoms with Gasteiger partial charge in [-0.2, -0.15) is 0 Å². The van der Waals surface area contributed by atoms with E-state index >= 15 is 0 Å². The molecule has 88 valence electrons. The van der Waals surface area contributed by atoms with Gasteiger partial charge in [0, 0.05) is 18.3 Å². The molecule has 1 amide bonds. The van der Waals surface area contributed by atoms with E-state index in [2.05, 4.69) is 5.32 Å². The third kappa shape index (κ3) is 3.13. The van der Waals surface area contributed by atoms with E-state index in [-0.39, 0.29) is 12.5 Å². The molecule has 1 aromatic carbocycles. The van der Waals surface area contributed by atoms with Crippen molar-refractivity contribution in [2.24, 2.45) is 0 Å². The standard InChI is InChI=1S/C11H16N2O3/c1-7(14)6-13-11(15)9-4-3-8(12)5-10(9)16-2/h3-5,7,14H,6,12H2,1-2H3,(H,13,15)/t7-/m1/s1. The predicted octanol–water partition coefficient (Wildman–Crippen LogP) is 0.388. The number of aliphatic hydroxyl groups excluding tert-OH is 1. The lowest BCUT2D eigenvalue weighted by molar-refractivity contribution is 0.0921. The summed E-state index contributed by atoms with van der Waals surface area (Å²) >= 11 is 0. The lowest BCUT2D eigenvalue weighted by Crippen LogP contribution is -2.30. The highest BCUT2D eigenvalue weighted by molar-refractivity contribution is 5.97. The van der Waals surface area contributed by atoms with E-state index in [0.29, 0.717) is 17.0 Å². The molecule has 1 aromatic rings. The maximum Gasteiger partial charge on any atom is 0.255 e. The van der Waals surface area contributed by atoms with Gasteiger partial charge in [0.15, 0.2) is 0 Å². The molecule has 0 aliphatic carbocycles. The number of hydrogen-bond acceptors (Lipinski definition) is 4. The first-order chi connectivity index (χ1) is 7.54. The molecule has 0 saturated heterocycles. The van der Waals surface area contributed by atoms with Crippen LogP contribution in [0.3, 0.4) is 0 Å². The number of nitrogens with one attached hydrogen (secondary N) is 1. The van der Waals surface area contributed by atoms with Gasteiger partial charge >= 0.3 is 0 Å². The van der Waals surface area contributed by atoms with Gasteiger partial charge in [-0.1, -0.05) is 0 Å². The van der Waals surface area contributed by atoms with Crippen LogP contribution in [-0.2, 0) is 0 Å². The van der Waals surface area contributed by atoms with E-state index in [4.69, 9.17) is 15.6 Å². The van der Waals surface area contributed by atoms with Crippen molar-refractivity contribution < 1.29 is 14.6 Å². The molecule has 0 unspecified atom stereocenters. The molecule has 0 bridgehead atoms. The topological polar surface area (TPSA) is 84.6 Å². The van der Waals surface area contributed by atoms with Crippen molar-refractivity contribution in [2.45, 2.75) is 13.0 Å². The second kappa shape index (κ2) is 5.37. The van der Waals surface area contributed by atoms with Crippen LogP contribution in [0.1, 0.15) is 17.3 Å². The fraction of sp³-hybridized carbons (Fsp3) is 0.364. The van der Waals surface area contributed by atoms with E-state index < -0.39 is 6.10 Å². The number of carbonyl (C=O) groups is 1. The quantitative estimate of drug-likeness (QED) is 0.646. The number of rotatable bonds is 4. The van der Waals surface area contributed by atoms with E-state index in [1.165, 1.54) is 7.11 Å². The summed E-state index contributed by atoms with van der Waals surface area (Å²) in [4.78, 5) is 11.7. The van der Waals surface area contributed by atoms with E-state index in [1.807, 2.05) is 0 Å². The summed E-state index contributed by atoms with van der Waals surface area (Å²) in [5, 5.41) is 11.6. The zero-order chi connectivity index (χ0) is 12.1. The number of amides is 1. The Labute approximate surface area is 94.2 Å². The van der Waals surface area contributed by atoms with Gasteiger partial charge in [-0.3, -0.25) is 4.79 Å². The summed E-state index contributed by atoms with van der Waals surface area (Å²) in [6, 6.07) is 4.79. The van der Waals surface area contributed by atoms with Crippen LogP contribution >= 0.6 is 0 Å². The molecule has 1 rings (SSSR count). The molecular weight excluding hydrogens is 208 g/mol. The van der Waals surface area contributed by atoms with Gasteiger partial charge < -0.3 is 20.9 Å². The average molecular weight is 224 g/mol. The van der Waals surface area contributed by atoms with Crippen LogP contribution in [0.2, 0.25) is 0 Å². The lowest BCUT2D eigenvalue weighted by atomic mass is 10.1. The van der Waals surface area contributed by atoms with Gasteiger partial charge in [-0.25, -0.2) is 0 Å². The summed E-state index contributed by atoms with van der Waals surface area (Å²) in [6.45, 7) is 1.80. The largest absolute Gasteiger partial charge is 0.496 e. The lowest BCUT2D eigenvalue weighted by Gasteiger charge is -2.10. The minimum absolute atomic E-state index is 0.201. The van der Waals surface area contributed by atoms with Crippen LogP contribution in [-0.4, -0.2) is 30.8 Å². The minimum Gasteiger partial charge on any atom is -0.496 e. The Hall–Kier alpha value is -1.75. The Bertz CT molecular complexity index is 377. The SMILES string of the molecule is COc1cc(N)ccc1C(=O)NC[C@@H](C)O. The molecule has 0 heterocycles. The Morgan fingerprint density at radius 3 is 2.88 bits per heavy atom. The van der Waals surface area contributed by atoms with Gasteiger partial charge in [0.1, 0.15) is 5.75 Å². The highest BCUT2D eigenvalue weighted by Gasteiger charge is 2.12. The third-order valence-corrected chi connectivity index (χ3v) is 2.03. The molecule has 5 nitrogen and oxygen atoms in total. The summed E-state index contributed by atoms with van der Waals surface area (Å²) in [6.07, 6.45) is -0.580. The summed E-state index contributed by atoms with van der Waals surface area (Å²) in [5.41, 5.74) is 6.51. The average Bonchev–Trinajstić information content (AvgIpc) is 2.25. The predicted molar refractivity (Wildman–Crippen MR) is 61.4 cm³/mol. The molecule has 0 aliphatic heterocycles. The van der Waals surface area contributed by atoms with E-state index in [0.717, 1.165) is 0 Å². The maximum absolute atomic E-state index is 11.7. The number of anilines is 1. The number of nitrogens with two attached hydrogens (primary N) is 1. The second-order valence-electron chi connectivity index (χ2n) is 3.52. The molecule has 5 heteroatoms. The number of nitrogen functional groups attached to an aromatic ring is 1. The summed E-state index contributed by atoms with van der Waals surface area (Å²) in [7, 11) is 1.47. The van der Waals surface area contributed by atoms with Crippen LogP contribution in [0, 0.1) is 0 Å². The number of ether oxygens (including phenoxy) is 1. The minimum atomic E-state index is -0.580. The number of benzene rings is 1. The number of methoxy groups -OCH3 is 1. The van der Waals surface area contributed by atoms with Gasteiger partial charge in [0.25, 0.3) is 5.91 Å². The molecule has 16 heavy (non-hydrogen) atoms. The Balaban J connectivity index is 2.82. The molecule has 4 N–H and O–H groups in total. The van der Waals surface area contributed by atoms with Crippen molar-refractivity contribution in [1.82, 2.24) is 5.32 Å². The van der Waals surface area contributed by atoms with Crippen molar-refractivity contribution in [3.8, 4) is 5.75 Å². The Morgan fingerprint density at radius 1 is 1.62 bits per heavy atom. The Morgan fingerprint density at radius 2 is 2.31 bits per heavy atom. The van der Waals surface area contributed by atoms with Crippen LogP contribution < -0.4 is 15.8 Å². The normalized spacial score (nSPS) is 11.9. The van der Waals surface area contributed by atoms with Gasteiger partial charge in [0.2, 0.25) is 0 Å². The van der Waals surface area contributed by atoms with Crippen molar-refractivity contribution in [3.05, 3.63) is 23.8 Å². The highest BCUT2D eigenvalue weighted by Crippen LogP contribution is 2.21. The first-order valence-corrected chi connectivity index (χ1v) is 4.94. The van der Waals surface area contributed by atoms with Gasteiger partial charge in [0.05, 0.1) is 18.8 Å². The zero-order valence-corrected chi connectivity index (χ0v) is 9.36. The van der Waals surface area contributed by atoms with Crippen LogP contribution in [0.4, 0.5) is 5.69 Å². The molecule has 0 fully saturated rings. The first-order valence-electron chi connectivity index (χ1n) is 4.94. The van der Waals surface area contributed by atoms with E-state index in [1.54, 1.807) is 25.1 Å². The van der Waals surface area contributed by atoms with Crippen molar-refractivity contribution in [1.29, 1.82) is 0 Å². The van der Waals surface area contributed by atoms with Crippen LogP contribution in [0.15, 0.2) is 18.2 Å². The zero-order valence-electron chi connectivity index (χ0n) is 9.36. The number of carbonyl (C=O) groups excluding carboxylic acids is 1. The van der Waals surface area contributed by atoms with Crippen molar-refractivity contribution in [2.75, 3.05) is 19.4 Å². The fourth-order valence-electron chi connectivity index (χ4n) is 1.23. The third-order valence-electron chi connectivity index (χ3n) is 2.03. The second-order valence-corrected chi connectivity index (χ2v) is 3.52. The summed E-state index contributed by atoms with van der Waals surface area (Å²) in [5.74, 6) is 0.126. The fourth-order valence-corrected chi connectivity index (χ4v) is 1.23. The number of aliphatic hydroxyl groups is 1. The van der Waals surface area contributed by atoms with Crippen molar-refractivity contribution >= 4 is 11.6 Å². The monoisotopic (exact) mass is 224 g/mol. The molecule has 0 aromatic heterocycles. The number of hydrogen-bond donors (Lipinski definition) is 3. The van der Waals surface area contributed by atoms with Gasteiger partial charge in [-0.15, -0.1) is 0 Å². The van der Waals surface area contributed by atoms with Crippen LogP contribution in [0.25, 0.3) is 0 Å². The van der Waals surface area contributed by atoms with Crippen LogP contribution in [0.5, 0.6) is 5.75 Å². The highest BCUT2D eigenvalue weighted by atomic mass is 16.5.